The summed E-state index contributed by atoms with van der Waals surface area (Å²) in [5, 5.41) is 4.02. The second-order valence-corrected chi connectivity index (χ2v) is 7.34. The number of amides is 1. The van der Waals surface area contributed by atoms with Gasteiger partial charge in [0.2, 0.25) is 0 Å². The van der Waals surface area contributed by atoms with Gasteiger partial charge >= 0.3 is 0 Å². The van der Waals surface area contributed by atoms with E-state index >= 15 is 0 Å². The lowest BCUT2D eigenvalue weighted by Crippen LogP contribution is -2.39. The number of hydrogen-bond donors (Lipinski definition) is 2. The van der Waals surface area contributed by atoms with Gasteiger partial charge < -0.3 is 19.9 Å². The predicted molar refractivity (Wildman–Crippen MR) is 104 cm³/mol. The number of hydrogen-bond acceptors (Lipinski definition) is 4. The van der Waals surface area contributed by atoms with Gasteiger partial charge in [0.15, 0.2) is 0 Å². The van der Waals surface area contributed by atoms with Crippen LogP contribution >= 0.6 is 0 Å². The molecule has 6 nitrogen and oxygen atoms in total. The normalized spacial score (nSPS) is 17.2. The number of nitrogens with zero attached hydrogens (tertiary/aromatic N) is 2. The Kier molecular flexibility index (Phi) is 3.77. The fourth-order valence-corrected chi connectivity index (χ4v) is 4.03. The number of fused-ring (bicyclic) bond motifs is 2. The van der Waals surface area contributed by atoms with Crippen LogP contribution in [0, 0.1) is 6.92 Å². The highest BCUT2D eigenvalue weighted by molar-refractivity contribution is 5.98. The minimum absolute atomic E-state index is 0.0151. The van der Waals surface area contributed by atoms with Crippen LogP contribution in [0.4, 0.5) is 5.82 Å². The maximum absolute atomic E-state index is 11.8. The fourth-order valence-electron chi connectivity index (χ4n) is 4.03. The average molecular weight is 362 g/mol. The highest BCUT2D eigenvalue weighted by Crippen LogP contribution is 2.28. The Balaban J connectivity index is 1.27. The zero-order valence-corrected chi connectivity index (χ0v) is 15.3. The van der Waals surface area contributed by atoms with Crippen molar-refractivity contribution in [1.29, 1.82) is 0 Å². The number of piperidine rings is 1. The molecule has 2 aliphatic heterocycles. The van der Waals surface area contributed by atoms with Crippen molar-refractivity contribution in [2.75, 3.05) is 18.0 Å². The van der Waals surface area contributed by atoms with Crippen molar-refractivity contribution in [3.63, 3.8) is 0 Å². The molecule has 1 saturated heterocycles. The Bertz CT molecular complexity index is 1020. The SMILES string of the molecule is Cc1cc2c(nc1N1CCC(Oc3ccc4[nH]ccc4c3)CC1)CNC2=O. The topological polar surface area (TPSA) is 70.2 Å². The molecule has 0 saturated carbocycles. The van der Waals surface area contributed by atoms with Gasteiger partial charge in [-0.3, -0.25) is 4.79 Å². The molecule has 6 heteroatoms. The number of pyridine rings is 1. The molecule has 1 fully saturated rings. The number of anilines is 1. The summed E-state index contributed by atoms with van der Waals surface area (Å²) in [7, 11) is 0. The maximum Gasteiger partial charge on any atom is 0.253 e. The zero-order valence-electron chi connectivity index (χ0n) is 15.3. The van der Waals surface area contributed by atoms with Gasteiger partial charge in [0.05, 0.1) is 17.8 Å². The molecule has 27 heavy (non-hydrogen) atoms. The van der Waals surface area contributed by atoms with Crippen LogP contribution in [0.5, 0.6) is 5.75 Å². The van der Waals surface area contributed by atoms with Crippen molar-refractivity contribution in [1.82, 2.24) is 15.3 Å². The lowest BCUT2D eigenvalue weighted by molar-refractivity contribution is 0.0965. The van der Waals surface area contributed by atoms with Crippen molar-refractivity contribution in [3.05, 3.63) is 53.3 Å². The second kappa shape index (κ2) is 6.30. The number of H-pyrrole nitrogens is 1. The third kappa shape index (κ3) is 2.91. The van der Waals surface area contributed by atoms with Crippen LogP contribution < -0.4 is 15.0 Å². The molecule has 2 N–H and O–H groups in total. The second-order valence-electron chi connectivity index (χ2n) is 7.34. The summed E-state index contributed by atoms with van der Waals surface area (Å²) in [4.78, 5) is 22.1. The molecule has 0 atom stereocenters. The number of aromatic nitrogens is 2. The first-order valence-electron chi connectivity index (χ1n) is 9.45. The largest absolute Gasteiger partial charge is 0.490 e. The van der Waals surface area contributed by atoms with Gasteiger partial charge in [-0.25, -0.2) is 4.98 Å². The van der Waals surface area contributed by atoms with Gasteiger partial charge in [-0.1, -0.05) is 0 Å². The molecule has 4 heterocycles. The van der Waals surface area contributed by atoms with E-state index in [1.807, 2.05) is 25.3 Å². The summed E-state index contributed by atoms with van der Waals surface area (Å²) in [5.41, 5.74) is 3.76. The smallest absolute Gasteiger partial charge is 0.253 e. The molecule has 138 valence electrons. The van der Waals surface area contributed by atoms with E-state index < -0.39 is 0 Å². The molecule has 0 aliphatic carbocycles. The first kappa shape index (κ1) is 16.2. The fraction of sp³-hybridized carbons (Fsp3) is 0.333. The van der Waals surface area contributed by atoms with E-state index in [9.17, 15) is 4.79 Å². The Morgan fingerprint density at radius 2 is 2.04 bits per heavy atom. The standard InChI is InChI=1S/C21H22N4O2/c1-13-10-17-19(12-23-21(17)26)24-20(13)25-8-5-15(6-9-25)27-16-2-3-18-14(11-16)4-7-22-18/h2-4,7,10-11,15,22H,5-6,8-9,12H2,1H3,(H,23,26). The Morgan fingerprint density at radius 3 is 2.89 bits per heavy atom. The lowest BCUT2D eigenvalue weighted by Gasteiger charge is -2.34. The van der Waals surface area contributed by atoms with Crippen LogP contribution in [0.1, 0.15) is 34.5 Å². The van der Waals surface area contributed by atoms with Crippen molar-refractivity contribution in [3.8, 4) is 5.75 Å². The first-order chi connectivity index (χ1) is 13.2. The monoisotopic (exact) mass is 362 g/mol. The summed E-state index contributed by atoms with van der Waals surface area (Å²) >= 11 is 0. The molecule has 0 unspecified atom stereocenters. The first-order valence-corrected chi connectivity index (χ1v) is 9.45. The summed E-state index contributed by atoms with van der Waals surface area (Å²) in [5.74, 6) is 1.91. The van der Waals surface area contributed by atoms with Crippen molar-refractivity contribution < 1.29 is 9.53 Å². The highest BCUT2D eigenvalue weighted by Gasteiger charge is 2.26. The van der Waals surface area contributed by atoms with E-state index in [4.69, 9.17) is 9.72 Å². The van der Waals surface area contributed by atoms with Gasteiger partial charge in [-0.15, -0.1) is 0 Å². The molecule has 0 radical (unpaired) electrons. The van der Waals surface area contributed by atoms with E-state index in [-0.39, 0.29) is 12.0 Å². The maximum atomic E-state index is 11.8. The highest BCUT2D eigenvalue weighted by atomic mass is 16.5. The molecule has 3 aromatic rings. The van der Waals surface area contributed by atoms with Crippen molar-refractivity contribution in [2.24, 2.45) is 0 Å². The number of aryl methyl sites for hydroxylation is 1. The number of aromatic amines is 1. The molecule has 2 aliphatic rings. The quantitative estimate of drug-likeness (QED) is 0.751. The Labute approximate surface area is 157 Å². The molecule has 1 amide bonds. The van der Waals surface area contributed by atoms with Crippen molar-refractivity contribution >= 4 is 22.6 Å². The molecular formula is C21H22N4O2. The lowest BCUT2D eigenvalue weighted by atomic mass is 10.1. The number of ether oxygens (including phenoxy) is 1. The summed E-state index contributed by atoms with van der Waals surface area (Å²) < 4.78 is 6.22. The van der Waals surface area contributed by atoms with E-state index in [1.54, 1.807) is 0 Å². The van der Waals surface area contributed by atoms with Crippen LogP contribution in [-0.4, -0.2) is 35.1 Å². The van der Waals surface area contributed by atoms with Crippen molar-refractivity contribution in [2.45, 2.75) is 32.4 Å². The number of benzene rings is 1. The van der Waals surface area contributed by atoms with Crippen LogP contribution in [0.15, 0.2) is 36.5 Å². The predicted octanol–water partition coefficient (Wildman–Crippen LogP) is 3.16. The van der Waals surface area contributed by atoms with Crippen LogP contribution in [0.2, 0.25) is 0 Å². The number of rotatable bonds is 3. The molecule has 0 bridgehead atoms. The third-order valence-electron chi connectivity index (χ3n) is 5.50. The molecule has 0 spiro atoms. The van der Waals surface area contributed by atoms with Crippen LogP contribution in [0.3, 0.4) is 0 Å². The molecule has 5 rings (SSSR count). The molecular weight excluding hydrogens is 340 g/mol. The van der Waals surface area contributed by atoms with E-state index in [0.717, 1.165) is 59.8 Å². The van der Waals surface area contributed by atoms with E-state index in [0.29, 0.717) is 6.54 Å². The number of carbonyl (C=O) groups excluding carboxylic acids is 1. The summed E-state index contributed by atoms with van der Waals surface area (Å²) in [6.45, 7) is 4.38. The van der Waals surface area contributed by atoms with Gasteiger partial charge in [-0.05, 0) is 42.8 Å². The van der Waals surface area contributed by atoms with E-state index in [1.165, 1.54) is 5.39 Å². The Hall–Kier alpha value is -3.02. The van der Waals surface area contributed by atoms with Gasteiger partial charge in [0.1, 0.15) is 17.7 Å². The van der Waals surface area contributed by atoms with Gasteiger partial charge in [0, 0.05) is 43.0 Å². The zero-order chi connectivity index (χ0) is 18.4. The molecule has 2 aromatic heterocycles. The Morgan fingerprint density at radius 1 is 1.19 bits per heavy atom. The summed E-state index contributed by atoms with van der Waals surface area (Å²) in [6, 6.07) is 10.2. The van der Waals surface area contributed by atoms with Crippen LogP contribution in [0.25, 0.3) is 10.9 Å². The van der Waals surface area contributed by atoms with Gasteiger partial charge in [-0.2, -0.15) is 0 Å². The molecule has 1 aromatic carbocycles. The number of nitrogens with one attached hydrogen (secondary N) is 2. The minimum Gasteiger partial charge on any atom is -0.490 e. The van der Waals surface area contributed by atoms with E-state index in [2.05, 4.69) is 33.4 Å². The van der Waals surface area contributed by atoms with Gasteiger partial charge in [0.25, 0.3) is 5.91 Å². The third-order valence-corrected chi connectivity index (χ3v) is 5.50. The number of carbonyl (C=O) groups is 1. The average Bonchev–Trinajstić information content (AvgIpc) is 3.28. The minimum atomic E-state index is -0.0151. The van der Waals surface area contributed by atoms with Crippen LogP contribution in [-0.2, 0) is 6.54 Å². The summed E-state index contributed by atoms with van der Waals surface area (Å²) in [6.07, 6.45) is 4.08.